The van der Waals surface area contributed by atoms with Crippen molar-refractivity contribution in [2.75, 3.05) is 51.2 Å². The number of hydrogen-bond acceptors (Lipinski definition) is 7. The molecule has 0 saturated carbocycles. The van der Waals surface area contributed by atoms with Gasteiger partial charge in [-0.1, -0.05) is 13.0 Å². The van der Waals surface area contributed by atoms with Gasteiger partial charge in [0.05, 0.1) is 11.5 Å². The zero-order valence-corrected chi connectivity index (χ0v) is 19.0. The van der Waals surface area contributed by atoms with Crippen LogP contribution in [0.4, 0.5) is 5.00 Å². The maximum Gasteiger partial charge on any atom is 0.239 e. The molecule has 1 saturated heterocycles. The molecule has 3 heterocycles. The summed E-state index contributed by atoms with van der Waals surface area (Å²) in [6.45, 7) is 8.61. The van der Waals surface area contributed by atoms with Crippen LogP contribution in [-0.2, 0) is 11.2 Å². The smallest absolute Gasteiger partial charge is 0.239 e. The van der Waals surface area contributed by atoms with Gasteiger partial charge in [-0.25, -0.2) is 0 Å². The van der Waals surface area contributed by atoms with Crippen molar-refractivity contribution in [2.24, 2.45) is 0 Å². The topological polar surface area (TPSA) is 74.3 Å². The summed E-state index contributed by atoms with van der Waals surface area (Å²) in [6.07, 6.45) is -0.0308. The van der Waals surface area contributed by atoms with Gasteiger partial charge in [0, 0.05) is 32.7 Å². The van der Waals surface area contributed by atoms with E-state index in [9.17, 15) is 9.90 Å². The summed E-state index contributed by atoms with van der Waals surface area (Å²) in [5.74, 6) is 1.46. The molecule has 2 N–H and O–H groups in total. The van der Waals surface area contributed by atoms with Gasteiger partial charge in [-0.2, -0.15) is 0 Å². The van der Waals surface area contributed by atoms with E-state index in [1.807, 2.05) is 31.2 Å². The van der Waals surface area contributed by atoms with E-state index in [2.05, 4.69) is 27.4 Å². The molecule has 0 radical (unpaired) electrons. The van der Waals surface area contributed by atoms with Gasteiger partial charge in [0.2, 0.25) is 5.91 Å². The first-order valence-electron chi connectivity index (χ1n) is 10.9. The molecule has 1 aromatic heterocycles. The number of ether oxygens (including phenoxy) is 2. The van der Waals surface area contributed by atoms with Crippen LogP contribution in [0.1, 0.15) is 18.1 Å². The van der Waals surface area contributed by atoms with Crippen LogP contribution in [-0.4, -0.2) is 78.9 Å². The molecule has 2 unspecified atom stereocenters. The normalized spacial score (nSPS) is 20.4. The number of carbonyl (C=O) groups is 1. The number of anilines is 1. The van der Waals surface area contributed by atoms with Crippen LogP contribution in [0.5, 0.6) is 11.5 Å². The molecule has 1 fully saturated rings. The highest BCUT2D eigenvalue weighted by atomic mass is 32.1. The van der Waals surface area contributed by atoms with Gasteiger partial charge in [0.1, 0.15) is 12.7 Å². The molecule has 0 aliphatic carbocycles. The molecule has 31 heavy (non-hydrogen) atoms. The van der Waals surface area contributed by atoms with E-state index in [1.165, 1.54) is 5.56 Å². The molecule has 7 nitrogen and oxygen atoms in total. The largest absolute Gasteiger partial charge is 0.486 e. The molecular weight excluding hydrogens is 414 g/mol. The number of rotatable bonds is 7. The fraction of sp³-hybridized carbons (Fsp3) is 0.522. The highest BCUT2D eigenvalue weighted by Gasteiger charge is 2.30. The molecule has 2 aromatic rings. The second-order valence-corrected chi connectivity index (χ2v) is 9.19. The van der Waals surface area contributed by atoms with Crippen LogP contribution in [0.15, 0.2) is 29.6 Å². The third-order valence-corrected chi connectivity index (χ3v) is 6.71. The quantitative estimate of drug-likeness (QED) is 0.682. The molecule has 2 aliphatic heterocycles. The highest BCUT2D eigenvalue weighted by molar-refractivity contribution is 7.14. The number of piperazine rings is 1. The van der Waals surface area contributed by atoms with Crippen LogP contribution in [0.2, 0.25) is 0 Å². The predicted molar refractivity (Wildman–Crippen MR) is 122 cm³/mol. The van der Waals surface area contributed by atoms with Crippen molar-refractivity contribution in [1.82, 2.24) is 9.80 Å². The van der Waals surface area contributed by atoms with Gasteiger partial charge in [-0.05, 0) is 48.1 Å². The Bertz CT molecular complexity index is 895. The lowest BCUT2D eigenvalue weighted by Gasteiger charge is -2.37. The van der Waals surface area contributed by atoms with Crippen molar-refractivity contribution in [3.05, 3.63) is 40.8 Å². The molecule has 168 valence electrons. The van der Waals surface area contributed by atoms with Gasteiger partial charge in [-0.3, -0.25) is 14.6 Å². The first kappa shape index (κ1) is 22.1. The molecule has 2 atom stereocenters. The number of nitrogens with zero attached hydrogens (tertiary/aromatic N) is 2. The van der Waals surface area contributed by atoms with Crippen LogP contribution in [0.25, 0.3) is 0 Å². The predicted octanol–water partition coefficient (Wildman–Crippen LogP) is 2.38. The molecule has 1 amide bonds. The number of carbonyl (C=O) groups excluding carboxylic acids is 1. The van der Waals surface area contributed by atoms with Crippen molar-refractivity contribution in [2.45, 2.75) is 32.5 Å². The number of β-amino-alcohol motifs (C(OH)–C–C–N with tert-alkyl or cyclic N) is 1. The van der Waals surface area contributed by atoms with Crippen LogP contribution >= 0.6 is 11.3 Å². The summed E-state index contributed by atoms with van der Waals surface area (Å²) in [7, 11) is 0. The Labute approximate surface area is 187 Å². The van der Waals surface area contributed by atoms with E-state index >= 15 is 0 Å². The maximum absolute atomic E-state index is 12.3. The van der Waals surface area contributed by atoms with E-state index in [4.69, 9.17) is 9.47 Å². The van der Waals surface area contributed by atoms with Crippen molar-refractivity contribution in [1.29, 1.82) is 0 Å². The summed E-state index contributed by atoms with van der Waals surface area (Å²) >= 11 is 1.57. The van der Waals surface area contributed by atoms with Crippen molar-refractivity contribution in [3.8, 4) is 11.5 Å². The summed E-state index contributed by atoms with van der Waals surface area (Å²) in [4.78, 5) is 16.7. The van der Waals surface area contributed by atoms with Crippen molar-refractivity contribution >= 4 is 22.2 Å². The minimum Gasteiger partial charge on any atom is -0.486 e. The molecular formula is C23H31N3O4S. The van der Waals surface area contributed by atoms with E-state index in [0.29, 0.717) is 25.4 Å². The molecule has 0 bridgehead atoms. The Morgan fingerprint density at radius 1 is 1.23 bits per heavy atom. The third-order valence-electron chi connectivity index (χ3n) is 5.81. The van der Waals surface area contributed by atoms with E-state index in [-0.39, 0.29) is 12.0 Å². The minimum absolute atomic E-state index is 0.0275. The number of fused-ring (bicyclic) bond motifs is 1. The number of aliphatic hydroxyl groups excluding tert-OH is 1. The maximum atomic E-state index is 12.3. The second-order valence-electron chi connectivity index (χ2n) is 8.28. The zero-order valence-electron chi connectivity index (χ0n) is 18.2. The summed E-state index contributed by atoms with van der Waals surface area (Å²) in [5.41, 5.74) is 2.35. The van der Waals surface area contributed by atoms with Crippen LogP contribution in [0, 0.1) is 6.92 Å². The Morgan fingerprint density at radius 3 is 2.74 bits per heavy atom. The second kappa shape index (κ2) is 9.99. The number of hydrogen-bond donors (Lipinski definition) is 2. The molecule has 1 aromatic carbocycles. The van der Waals surface area contributed by atoms with E-state index in [1.54, 1.807) is 11.3 Å². The number of amides is 1. The number of aryl methyl sites for hydroxylation is 2. The lowest BCUT2D eigenvalue weighted by atomic mass is 10.1. The molecule has 2 aliphatic rings. The van der Waals surface area contributed by atoms with Crippen molar-refractivity contribution < 1.29 is 19.4 Å². The molecule has 4 rings (SSSR count). The Morgan fingerprint density at radius 2 is 2.00 bits per heavy atom. The van der Waals surface area contributed by atoms with E-state index < -0.39 is 6.10 Å². The number of thiophene rings is 1. The lowest BCUT2D eigenvalue weighted by molar-refractivity contribution is -0.117. The van der Waals surface area contributed by atoms with Gasteiger partial charge in [0.15, 0.2) is 17.6 Å². The average molecular weight is 446 g/mol. The standard InChI is InChI=1S/C23H31N3O4S/c1-3-17-11-23(31-15-17)24-22(28)13-26-8-6-25(7-9-26)12-18(27)21-14-29-19-5-4-16(2)10-20(19)30-21/h4-5,10-11,15,18,21,27H,3,6-9,12-14H2,1-2H3,(H,24,28). The Hall–Kier alpha value is -2.13. The van der Waals surface area contributed by atoms with Gasteiger partial charge >= 0.3 is 0 Å². The lowest BCUT2D eigenvalue weighted by Crippen LogP contribution is -2.53. The van der Waals surface area contributed by atoms with Gasteiger partial charge in [-0.15, -0.1) is 11.3 Å². The molecule has 8 heteroatoms. The molecule has 0 spiro atoms. The van der Waals surface area contributed by atoms with Crippen molar-refractivity contribution in [3.63, 3.8) is 0 Å². The monoisotopic (exact) mass is 445 g/mol. The number of aliphatic hydroxyl groups is 1. The number of benzene rings is 1. The first-order valence-corrected chi connectivity index (χ1v) is 11.8. The first-order chi connectivity index (χ1) is 15.0. The third kappa shape index (κ3) is 5.77. The fourth-order valence-electron chi connectivity index (χ4n) is 3.90. The number of nitrogens with one attached hydrogen (secondary N) is 1. The Balaban J connectivity index is 1.20. The van der Waals surface area contributed by atoms with Crippen LogP contribution < -0.4 is 14.8 Å². The van der Waals surface area contributed by atoms with Crippen LogP contribution in [0.3, 0.4) is 0 Å². The summed E-state index contributed by atoms with van der Waals surface area (Å²) in [6, 6.07) is 7.88. The fourth-order valence-corrected chi connectivity index (χ4v) is 4.81. The zero-order chi connectivity index (χ0) is 21.8. The average Bonchev–Trinajstić information content (AvgIpc) is 3.22. The SMILES string of the molecule is CCc1csc(NC(=O)CN2CCN(CC(O)C3COc4ccc(C)cc4O3)CC2)c1. The van der Waals surface area contributed by atoms with Gasteiger partial charge in [0.25, 0.3) is 0 Å². The summed E-state index contributed by atoms with van der Waals surface area (Å²) < 4.78 is 11.8. The highest BCUT2D eigenvalue weighted by Crippen LogP contribution is 2.33. The van der Waals surface area contributed by atoms with Gasteiger partial charge < -0.3 is 19.9 Å². The summed E-state index contributed by atoms with van der Waals surface area (Å²) in [5, 5.41) is 16.7. The minimum atomic E-state index is -0.630. The Kier molecular flexibility index (Phi) is 7.12. The van der Waals surface area contributed by atoms with E-state index in [0.717, 1.165) is 48.9 Å².